The van der Waals surface area contributed by atoms with E-state index < -0.39 is 22.0 Å². The van der Waals surface area contributed by atoms with Gasteiger partial charge in [0.25, 0.3) is 10.0 Å². The molecule has 12 heteroatoms. The maximum Gasteiger partial charge on any atom is 0.324 e. The van der Waals surface area contributed by atoms with E-state index in [2.05, 4.69) is 36.7 Å². The third kappa shape index (κ3) is 7.72. The van der Waals surface area contributed by atoms with Crippen LogP contribution < -0.4 is 16.0 Å². The van der Waals surface area contributed by atoms with Crippen molar-refractivity contribution in [2.24, 2.45) is 5.92 Å². The summed E-state index contributed by atoms with van der Waals surface area (Å²) in [5.74, 6) is 0.0977. The molecule has 266 valence electrons. The summed E-state index contributed by atoms with van der Waals surface area (Å²) < 4.78 is 35.8. The number of furan rings is 1. The molecular weight excluding hydrogens is 653 g/mol. The first-order valence-electron chi connectivity index (χ1n) is 17.5. The van der Waals surface area contributed by atoms with Gasteiger partial charge in [0.05, 0.1) is 22.9 Å². The minimum absolute atomic E-state index is 0.0176. The molecule has 2 aromatic carbocycles. The number of nitrogens with zero attached hydrogens (tertiary/aromatic N) is 3. The van der Waals surface area contributed by atoms with Crippen LogP contribution in [0, 0.1) is 19.8 Å². The van der Waals surface area contributed by atoms with Crippen molar-refractivity contribution in [1.29, 1.82) is 0 Å². The second kappa shape index (κ2) is 14.5. The Labute approximate surface area is 294 Å². The van der Waals surface area contributed by atoms with Crippen LogP contribution in [0.25, 0.3) is 5.69 Å². The lowest BCUT2D eigenvalue weighted by Crippen LogP contribution is -2.35. The number of nitrogens with one attached hydrogen (secondary N) is 3. The number of urea groups is 1. The van der Waals surface area contributed by atoms with Gasteiger partial charge < -0.3 is 15.1 Å². The fourth-order valence-corrected chi connectivity index (χ4v) is 8.34. The second-order valence-corrected chi connectivity index (χ2v) is 16.4. The number of benzene rings is 2. The number of hydrogen-bond acceptors (Lipinski definition) is 7. The largest absolute Gasteiger partial charge is 0.448 e. The van der Waals surface area contributed by atoms with Crippen LogP contribution in [-0.2, 0) is 15.4 Å². The minimum atomic E-state index is -3.84. The minimum Gasteiger partial charge on any atom is -0.448 e. The van der Waals surface area contributed by atoms with Crippen molar-refractivity contribution in [2.75, 3.05) is 36.8 Å². The molecule has 2 amide bonds. The maximum absolute atomic E-state index is 14.4. The molecular formula is C38H48N6O5S. The fraction of sp³-hybridized carbons (Fsp3) is 0.447. The first kappa shape index (κ1) is 35.6. The van der Waals surface area contributed by atoms with Gasteiger partial charge in [0.15, 0.2) is 5.78 Å². The van der Waals surface area contributed by atoms with Crippen molar-refractivity contribution in [2.45, 2.75) is 83.1 Å². The molecule has 2 aromatic heterocycles. The molecule has 2 aliphatic heterocycles. The highest BCUT2D eigenvalue weighted by molar-refractivity contribution is 7.89. The number of aryl methyl sites for hydroxylation is 2. The van der Waals surface area contributed by atoms with E-state index >= 15 is 0 Å². The standard InChI is InChI=1S/C38H48N6O5S/c1-25-12-14-30(15-13-25)44-33(24-32(42-44)38(3,4)5)41-37(46)40-29-11-9-10-28(22-29)35(27-16-18-39-19-17-27)36(45)31-23-34(49-26(31)2)50(47,48)43-20-7-6-8-21-43/h9-15,22-24,27,35,39H,6-8,16-21H2,1-5H3,(H2,40,41,46). The predicted octanol–water partition coefficient (Wildman–Crippen LogP) is 7.16. The van der Waals surface area contributed by atoms with Gasteiger partial charge in [-0.2, -0.15) is 9.40 Å². The van der Waals surface area contributed by atoms with Gasteiger partial charge in [0.1, 0.15) is 11.6 Å². The molecule has 2 fully saturated rings. The van der Waals surface area contributed by atoms with Gasteiger partial charge in [-0.15, -0.1) is 0 Å². The smallest absolute Gasteiger partial charge is 0.324 e. The Hall–Kier alpha value is -4.26. The van der Waals surface area contributed by atoms with Gasteiger partial charge >= 0.3 is 6.03 Å². The van der Waals surface area contributed by atoms with E-state index in [1.54, 1.807) is 17.7 Å². The highest BCUT2D eigenvalue weighted by Crippen LogP contribution is 2.37. The van der Waals surface area contributed by atoms with E-state index in [4.69, 9.17) is 9.52 Å². The molecule has 1 atom stereocenters. The van der Waals surface area contributed by atoms with E-state index in [1.165, 1.54) is 10.4 Å². The summed E-state index contributed by atoms with van der Waals surface area (Å²) in [6.07, 6.45) is 4.17. The second-order valence-electron chi connectivity index (χ2n) is 14.5. The zero-order valence-corrected chi connectivity index (χ0v) is 30.4. The number of rotatable bonds is 9. The molecule has 0 saturated carbocycles. The summed E-state index contributed by atoms with van der Waals surface area (Å²) in [6.45, 7) is 12.3. The number of anilines is 2. The van der Waals surface area contributed by atoms with Gasteiger partial charge in [-0.05, 0) is 88.4 Å². The first-order chi connectivity index (χ1) is 23.8. The molecule has 6 rings (SSSR count). The van der Waals surface area contributed by atoms with Crippen LogP contribution in [0.1, 0.15) is 91.7 Å². The Kier molecular flexibility index (Phi) is 10.3. The molecule has 2 saturated heterocycles. The van der Waals surface area contributed by atoms with Crippen LogP contribution in [0.15, 0.2) is 70.2 Å². The summed E-state index contributed by atoms with van der Waals surface area (Å²) in [5, 5.41) is 13.9. The Morgan fingerprint density at radius 2 is 1.64 bits per heavy atom. The lowest BCUT2D eigenvalue weighted by Gasteiger charge is -2.30. The predicted molar refractivity (Wildman–Crippen MR) is 195 cm³/mol. The quantitative estimate of drug-likeness (QED) is 0.158. The van der Waals surface area contributed by atoms with Crippen LogP contribution in [-0.4, -0.2) is 60.5 Å². The van der Waals surface area contributed by atoms with Crippen molar-refractivity contribution in [3.8, 4) is 5.69 Å². The number of piperidine rings is 2. The van der Waals surface area contributed by atoms with Crippen molar-refractivity contribution in [3.05, 3.63) is 88.8 Å². The number of carbonyl (C=O) groups is 2. The Balaban J connectivity index is 1.26. The Bertz CT molecular complexity index is 1950. The molecule has 0 spiro atoms. The van der Waals surface area contributed by atoms with E-state index in [1.807, 2.05) is 55.5 Å². The van der Waals surface area contributed by atoms with Crippen LogP contribution >= 0.6 is 0 Å². The Morgan fingerprint density at radius 1 is 0.940 bits per heavy atom. The SMILES string of the molecule is Cc1ccc(-n2nc(C(C)(C)C)cc2NC(=O)Nc2cccc(C(C(=O)c3cc(S(=O)(=O)N4CCCCC4)oc3C)C3CCNCC3)c2)cc1. The van der Waals surface area contributed by atoms with Crippen LogP contribution in [0.3, 0.4) is 0 Å². The third-order valence-electron chi connectivity index (χ3n) is 9.71. The van der Waals surface area contributed by atoms with E-state index in [0.717, 1.165) is 67.7 Å². The van der Waals surface area contributed by atoms with Gasteiger partial charge in [0.2, 0.25) is 5.09 Å². The van der Waals surface area contributed by atoms with Gasteiger partial charge in [-0.1, -0.05) is 57.0 Å². The van der Waals surface area contributed by atoms with Crippen molar-refractivity contribution >= 4 is 33.3 Å². The molecule has 1 unspecified atom stereocenters. The summed E-state index contributed by atoms with van der Waals surface area (Å²) in [7, 11) is -3.84. The topological polar surface area (TPSA) is 139 Å². The monoisotopic (exact) mass is 700 g/mol. The average molecular weight is 701 g/mol. The molecule has 11 nitrogen and oxygen atoms in total. The molecule has 4 aromatic rings. The van der Waals surface area contributed by atoms with Crippen molar-refractivity contribution < 1.29 is 22.4 Å². The summed E-state index contributed by atoms with van der Waals surface area (Å²) in [6, 6.07) is 18.1. The number of carbonyl (C=O) groups excluding carboxylic acids is 2. The number of Topliss-reactive ketones (excluding diaryl/α,β-unsaturated/α-hetero) is 1. The number of hydrogen-bond donors (Lipinski definition) is 3. The summed E-state index contributed by atoms with van der Waals surface area (Å²) >= 11 is 0. The highest BCUT2D eigenvalue weighted by Gasteiger charge is 2.36. The van der Waals surface area contributed by atoms with Crippen molar-refractivity contribution in [1.82, 2.24) is 19.4 Å². The lowest BCUT2D eigenvalue weighted by molar-refractivity contribution is 0.0914. The number of amides is 2. The van der Waals surface area contributed by atoms with E-state index in [0.29, 0.717) is 24.6 Å². The van der Waals surface area contributed by atoms with Gasteiger partial charge in [-0.3, -0.25) is 10.1 Å². The molecule has 2 aliphatic rings. The molecule has 4 heterocycles. The maximum atomic E-state index is 14.4. The van der Waals surface area contributed by atoms with E-state index in [-0.39, 0.29) is 33.5 Å². The normalized spacial score (nSPS) is 17.0. The summed E-state index contributed by atoms with van der Waals surface area (Å²) in [5.41, 5.74) is 4.10. The number of ketones is 1. The van der Waals surface area contributed by atoms with Crippen LogP contribution in [0.5, 0.6) is 0 Å². The van der Waals surface area contributed by atoms with Gasteiger partial charge in [0, 0.05) is 36.3 Å². The molecule has 0 radical (unpaired) electrons. The molecule has 50 heavy (non-hydrogen) atoms. The molecule has 0 bridgehead atoms. The lowest BCUT2D eigenvalue weighted by atomic mass is 9.76. The van der Waals surface area contributed by atoms with Crippen LogP contribution in [0.2, 0.25) is 0 Å². The fourth-order valence-electron chi connectivity index (χ4n) is 6.85. The van der Waals surface area contributed by atoms with E-state index in [9.17, 15) is 18.0 Å². The van der Waals surface area contributed by atoms with Crippen LogP contribution in [0.4, 0.5) is 16.3 Å². The average Bonchev–Trinajstić information content (AvgIpc) is 3.70. The first-order valence-corrected chi connectivity index (χ1v) is 19.0. The third-order valence-corrected chi connectivity index (χ3v) is 11.5. The molecule has 0 aliphatic carbocycles. The Morgan fingerprint density at radius 3 is 2.32 bits per heavy atom. The highest BCUT2D eigenvalue weighted by atomic mass is 32.2. The number of aromatic nitrogens is 2. The molecule has 3 N–H and O–H groups in total. The van der Waals surface area contributed by atoms with Gasteiger partial charge in [-0.25, -0.2) is 17.9 Å². The van der Waals surface area contributed by atoms with Crippen molar-refractivity contribution in [3.63, 3.8) is 0 Å². The summed E-state index contributed by atoms with van der Waals surface area (Å²) in [4.78, 5) is 27.9. The number of sulfonamides is 1. The zero-order chi connectivity index (χ0) is 35.6. The zero-order valence-electron chi connectivity index (χ0n) is 29.6.